The lowest BCUT2D eigenvalue weighted by Crippen LogP contribution is -2.47. The van der Waals surface area contributed by atoms with E-state index in [4.69, 9.17) is 10.5 Å². The first-order valence-corrected chi connectivity index (χ1v) is 8.02. The summed E-state index contributed by atoms with van der Waals surface area (Å²) in [6.45, 7) is 9.29. The molecule has 1 aromatic carbocycles. The van der Waals surface area contributed by atoms with Crippen molar-refractivity contribution in [2.24, 2.45) is 0 Å². The molecule has 5 nitrogen and oxygen atoms in total. The summed E-state index contributed by atoms with van der Waals surface area (Å²) < 4.78 is 6.01. The highest BCUT2D eigenvalue weighted by Gasteiger charge is 2.28. The van der Waals surface area contributed by atoms with Gasteiger partial charge in [0.2, 0.25) is 0 Å². The van der Waals surface area contributed by atoms with Crippen LogP contribution in [0.1, 0.15) is 45.0 Å². The zero-order valence-electron chi connectivity index (χ0n) is 13.6. The Bertz CT molecular complexity index is 550. The van der Waals surface area contributed by atoms with Crippen molar-refractivity contribution < 1.29 is 14.3 Å². The van der Waals surface area contributed by atoms with Crippen LogP contribution in [0.2, 0.25) is 0 Å². The molecule has 0 unspecified atom stereocenters. The van der Waals surface area contributed by atoms with Crippen molar-refractivity contribution in [2.75, 3.05) is 5.73 Å². The molecule has 0 heterocycles. The van der Waals surface area contributed by atoms with Crippen molar-refractivity contribution in [3.05, 3.63) is 28.2 Å². The fraction of sp³-hybridized carbons (Fsp3) is 0.500. The third-order valence-corrected chi connectivity index (χ3v) is 3.73. The summed E-state index contributed by atoms with van der Waals surface area (Å²) in [7, 11) is 0. The first kappa shape index (κ1) is 18.5. The van der Waals surface area contributed by atoms with Crippen molar-refractivity contribution in [1.82, 2.24) is 4.90 Å². The van der Waals surface area contributed by atoms with Gasteiger partial charge in [-0.1, -0.05) is 15.9 Å². The molecule has 0 bridgehead atoms. The van der Waals surface area contributed by atoms with Gasteiger partial charge in [0.15, 0.2) is 6.10 Å². The van der Waals surface area contributed by atoms with E-state index in [0.29, 0.717) is 5.69 Å². The van der Waals surface area contributed by atoms with Crippen LogP contribution in [-0.4, -0.2) is 35.0 Å². The molecular weight excluding hydrogens is 348 g/mol. The number of halogens is 1. The number of carbonyl (C=O) groups excluding carboxylic acids is 2. The lowest BCUT2D eigenvalue weighted by atomic mass is 10.1. The molecular formula is C16H23BrN2O3. The molecule has 6 heteroatoms. The van der Waals surface area contributed by atoms with Crippen molar-refractivity contribution in [1.29, 1.82) is 0 Å². The number of esters is 1. The Balaban J connectivity index is 2.87. The van der Waals surface area contributed by atoms with Crippen molar-refractivity contribution in [3.8, 4) is 0 Å². The topological polar surface area (TPSA) is 72.6 Å². The molecule has 0 saturated carbocycles. The van der Waals surface area contributed by atoms with Crippen molar-refractivity contribution in [2.45, 2.75) is 52.8 Å². The molecule has 1 rings (SSSR count). The average molecular weight is 371 g/mol. The Morgan fingerprint density at radius 2 is 1.68 bits per heavy atom. The summed E-state index contributed by atoms with van der Waals surface area (Å²) in [5.74, 6) is -0.820. The second kappa shape index (κ2) is 7.63. The van der Waals surface area contributed by atoms with Crippen LogP contribution in [0.3, 0.4) is 0 Å². The fourth-order valence-corrected chi connectivity index (χ4v) is 2.66. The Kier molecular flexibility index (Phi) is 6.41. The van der Waals surface area contributed by atoms with Gasteiger partial charge in [-0.2, -0.15) is 0 Å². The standard InChI is InChI=1S/C16H23BrN2O3/c1-9(2)19(10(3)4)15(20)11(5)22-16(21)13-8-12(17)6-7-14(13)18/h6-11H,18H2,1-5H3/t11-/m1/s1. The Labute approximate surface area is 139 Å². The number of nitrogens with zero attached hydrogens (tertiary/aromatic N) is 1. The van der Waals surface area contributed by atoms with Gasteiger partial charge >= 0.3 is 5.97 Å². The number of carbonyl (C=O) groups is 2. The Hall–Kier alpha value is -1.56. The Morgan fingerprint density at radius 1 is 1.14 bits per heavy atom. The van der Waals surface area contributed by atoms with Crippen LogP contribution in [-0.2, 0) is 9.53 Å². The molecule has 0 aliphatic carbocycles. The molecule has 0 saturated heterocycles. The molecule has 0 radical (unpaired) electrons. The van der Waals surface area contributed by atoms with E-state index in [1.54, 1.807) is 30.0 Å². The van der Waals surface area contributed by atoms with E-state index in [9.17, 15) is 9.59 Å². The largest absolute Gasteiger partial charge is 0.449 e. The normalized spacial score (nSPS) is 12.4. The van der Waals surface area contributed by atoms with Crippen LogP contribution in [0.4, 0.5) is 5.69 Å². The highest BCUT2D eigenvalue weighted by Crippen LogP contribution is 2.20. The Morgan fingerprint density at radius 3 is 2.18 bits per heavy atom. The maximum Gasteiger partial charge on any atom is 0.341 e. The van der Waals surface area contributed by atoms with Crippen LogP contribution in [0.25, 0.3) is 0 Å². The van der Waals surface area contributed by atoms with Gasteiger partial charge in [0, 0.05) is 22.2 Å². The number of hydrogen-bond donors (Lipinski definition) is 1. The minimum Gasteiger partial charge on any atom is -0.449 e. The number of amides is 1. The number of hydrogen-bond acceptors (Lipinski definition) is 4. The second-order valence-corrected chi connectivity index (χ2v) is 6.63. The summed E-state index contributed by atoms with van der Waals surface area (Å²) in [4.78, 5) is 26.4. The SMILES string of the molecule is CC(C)N(C(=O)[C@@H](C)OC(=O)c1cc(Br)ccc1N)C(C)C. The molecule has 22 heavy (non-hydrogen) atoms. The quantitative estimate of drug-likeness (QED) is 0.637. The number of ether oxygens (including phenoxy) is 1. The van der Waals surface area contributed by atoms with E-state index in [1.807, 2.05) is 27.7 Å². The highest BCUT2D eigenvalue weighted by atomic mass is 79.9. The van der Waals surface area contributed by atoms with Gasteiger partial charge < -0.3 is 15.4 Å². The molecule has 0 aromatic heterocycles. The van der Waals surface area contributed by atoms with E-state index < -0.39 is 12.1 Å². The highest BCUT2D eigenvalue weighted by molar-refractivity contribution is 9.10. The van der Waals surface area contributed by atoms with Gasteiger partial charge in [-0.05, 0) is 52.8 Å². The molecule has 0 spiro atoms. The maximum absolute atomic E-state index is 12.5. The minimum atomic E-state index is -0.865. The van der Waals surface area contributed by atoms with Gasteiger partial charge in [0.25, 0.3) is 5.91 Å². The lowest BCUT2D eigenvalue weighted by molar-refractivity contribution is -0.143. The molecule has 0 aliphatic heterocycles. The molecule has 1 amide bonds. The zero-order chi connectivity index (χ0) is 17.0. The van der Waals surface area contributed by atoms with Crippen LogP contribution >= 0.6 is 15.9 Å². The molecule has 2 N–H and O–H groups in total. The van der Waals surface area contributed by atoms with Crippen molar-refractivity contribution in [3.63, 3.8) is 0 Å². The fourth-order valence-electron chi connectivity index (χ4n) is 2.29. The number of nitrogen functional groups attached to an aromatic ring is 1. The predicted octanol–water partition coefficient (Wildman–Crippen LogP) is 3.22. The summed E-state index contributed by atoms with van der Waals surface area (Å²) in [5.41, 5.74) is 6.34. The second-order valence-electron chi connectivity index (χ2n) is 5.71. The van der Waals surface area contributed by atoms with E-state index in [0.717, 1.165) is 4.47 Å². The summed E-state index contributed by atoms with van der Waals surface area (Å²) >= 11 is 3.28. The summed E-state index contributed by atoms with van der Waals surface area (Å²) in [6.07, 6.45) is -0.865. The smallest absolute Gasteiger partial charge is 0.341 e. The van der Waals surface area contributed by atoms with Gasteiger partial charge in [-0.25, -0.2) is 4.79 Å². The first-order chi connectivity index (χ1) is 10.1. The monoisotopic (exact) mass is 370 g/mol. The number of anilines is 1. The van der Waals surface area contributed by atoms with Gasteiger partial charge in [0.05, 0.1) is 5.56 Å². The summed E-state index contributed by atoms with van der Waals surface area (Å²) in [6, 6.07) is 4.99. The molecule has 1 atom stereocenters. The van der Waals surface area contributed by atoms with E-state index in [1.165, 1.54) is 0 Å². The number of benzene rings is 1. The van der Waals surface area contributed by atoms with E-state index in [2.05, 4.69) is 15.9 Å². The molecule has 0 aliphatic rings. The van der Waals surface area contributed by atoms with Crippen LogP contribution < -0.4 is 5.73 Å². The van der Waals surface area contributed by atoms with Crippen LogP contribution in [0.15, 0.2) is 22.7 Å². The molecule has 1 aromatic rings. The van der Waals surface area contributed by atoms with Gasteiger partial charge in [-0.3, -0.25) is 4.79 Å². The number of rotatable bonds is 5. The molecule has 0 fully saturated rings. The zero-order valence-corrected chi connectivity index (χ0v) is 15.2. The number of nitrogens with two attached hydrogens (primary N) is 1. The van der Waals surface area contributed by atoms with Crippen molar-refractivity contribution >= 4 is 33.5 Å². The molecule has 122 valence electrons. The maximum atomic E-state index is 12.5. The third kappa shape index (κ3) is 4.47. The van der Waals surface area contributed by atoms with Crippen LogP contribution in [0, 0.1) is 0 Å². The van der Waals surface area contributed by atoms with E-state index >= 15 is 0 Å². The first-order valence-electron chi connectivity index (χ1n) is 7.23. The predicted molar refractivity (Wildman–Crippen MR) is 90.5 cm³/mol. The minimum absolute atomic E-state index is 0.0320. The summed E-state index contributed by atoms with van der Waals surface area (Å²) in [5, 5.41) is 0. The third-order valence-electron chi connectivity index (χ3n) is 3.23. The van der Waals surface area contributed by atoms with Crippen LogP contribution in [0.5, 0.6) is 0 Å². The van der Waals surface area contributed by atoms with E-state index in [-0.39, 0.29) is 23.6 Å². The average Bonchev–Trinajstić information content (AvgIpc) is 2.40. The van der Waals surface area contributed by atoms with Gasteiger partial charge in [-0.15, -0.1) is 0 Å². The van der Waals surface area contributed by atoms with Gasteiger partial charge in [0.1, 0.15) is 0 Å². The lowest BCUT2D eigenvalue weighted by Gasteiger charge is -2.32.